The van der Waals surface area contributed by atoms with Crippen molar-refractivity contribution in [3.8, 4) is 6.07 Å². The quantitative estimate of drug-likeness (QED) is 0.808. The van der Waals surface area contributed by atoms with Crippen molar-refractivity contribution in [2.45, 2.75) is 18.9 Å². The Bertz CT molecular complexity index is 646. The van der Waals surface area contributed by atoms with E-state index >= 15 is 0 Å². The lowest BCUT2D eigenvalue weighted by Crippen LogP contribution is -2.22. The number of rotatable bonds is 2. The van der Waals surface area contributed by atoms with Crippen LogP contribution in [0.2, 0.25) is 5.02 Å². The maximum Gasteiger partial charge on any atom is 0.101 e. The standard InChI is InChI=1S/C17H15ClN2/c18-16-11-15(9-8-14(16)12-19)20-10-4-7-17(20)13-5-2-1-3-6-13/h1-3,5-6,8-9,11,17H,4,7,10H2. The van der Waals surface area contributed by atoms with Crippen molar-refractivity contribution in [2.75, 3.05) is 11.4 Å². The van der Waals surface area contributed by atoms with Gasteiger partial charge < -0.3 is 4.90 Å². The lowest BCUT2D eigenvalue weighted by Gasteiger charge is -2.27. The largest absolute Gasteiger partial charge is 0.364 e. The second kappa shape index (κ2) is 5.56. The minimum atomic E-state index is 0.403. The highest BCUT2D eigenvalue weighted by Crippen LogP contribution is 2.37. The molecule has 1 saturated heterocycles. The van der Waals surface area contributed by atoms with Crippen molar-refractivity contribution in [2.24, 2.45) is 0 Å². The second-order valence-electron chi connectivity index (χ2n) is 5.04. The van der Waals surface area contributed by atoms with Crippen LogP contribution in [0.4, 0.5) is 5.69 Å². The van der Waals surface area contributed by atoms with Crippen LogP contribution in [-0.2, 0) is 0 Å². The predicted molar refractivity (Wildman–Crippen MR) is 81.9 cm³/mol. The van der Waals surface area contributed by atoms with E-state index in [1.807, 2.05) is 18.2 Å². The normalized spacial score (nSPS) is 18.0. The topological polar surface area (TPSA) is 27.0 Å². The highest BCUT2D eigenvalue weighted by atomic mass is 35.5. The number of nitriles is 1. The lowest BCUT2D eigenvalue weighted by atomic mass is 10.0. The third-order valence-corrected chi connectivity index (χ3v) is 4.15. The Hall–Kier alpha value is -1.98. The summed E-state index contributed by atoms with van der Waals surface area (Å²) in [6, 6.07) is 18.8. The van der Waals surface area contributed by atoms with E-state index in [-0.39, 0.29) is 0 Å². The summed E-state index contributed by atoms with van der Waals surface area (Å²) in [5.74, 6) is 0. The molecular weight excluding hydrogens is 268 g/mol. The van der Waals surface area contributed by atoms with E-state index in [2.05, 4.69) is 35.2 Å². The summed E-state index contributed by atoms with van der Waals surface area (Å²) < 4.78 is 0. The van der Waals surface area contributed by atoms with Crippen LogP contribution in [0.5, 0.6) is 0 Å². The summed E-state index contributed by atoms with van der Waals surface area (Å²) >= 11 is 6.15. The van der Waals surface area contributed by atoms with E-state index < -0.39 is 0 Å². The average molecular weight is 283 g/mol. The SMILES string of the molecule is N#Cc1ccc(N2CCCC2c2ccccc2)cc1Cl. The molecule has 100 valence electrons. The molecule has 1 aliphatic rings. The Morgan fingerprint density at radius 1 is 1.15 bits per heavy atom. The Morgan fingerprint density at radius 2 is 1.95 bits per heavy atom. The number of anilines is 1. The summed E-state index contributed by atoms with van der Waals surface area (Å²) in [6.07, 6.45) is 2.33. The van der Waals surface area contributed by atoms with Gasteiger partial charge in [0.25, 0.3) is 0 Å². The Kier molecular flexibility index (Phi) is 3.62. The van der Waals surface area contributed by atoms with Gasteiger partial charge in [-0.2, -0.15) is 5.26 Å². The van der Waals surface area contributed by atoms with Crippen LogP contribution in [0.25, 0.3) is 0 Å². The van der Waals surface area contributed by atoms with Gasteiger partial charge in [0.05, 0.1) is 16.6 Å². The molecule has 20 heavy (non-hydrogen) atoms. The predicted octanol–water partition coefficient (Wildman–Crippen LogP) is 4.55. The molecule has 1 aliphatic heterocycles. The van der Waals surface area contributed by atoms with Crippen molar-refractivity contribution in [3.63, 3.8) is 0 Å². The first-order valence-electron chi connectivity index (χ1n) is 6.81. The van der Waals surface area contributed by atoms with E-state index in [9.17, 15) is 0 Å². The molecule has 3 rings (SSSR count). The average Bonchev–Trinajstić information content (AvgIpc) is 2.97. The van der Waals surface area contributed by atoms with Crippen LogP contribution in [0.15, 0.2) is 48.5 Å². The number of hydrogen-bond donors (Lipinski definition) is 0. The van der Waals surface area contributed by atoms with Gasteiger partial charge in [0.2, 0.25) is 0 Å². The molecule has 0 spiro atoms. The third-order valence-electron chi connectivity index (χ3n) is 3.84. The number of nitrogens with zero attached hydrogens (tertiary/aromatic N) is 2. The molecule has 0 amide bonds. The number of benzene rings is 2. The fraction of sp³-hybridized carbons (Fsp3) is 0.235. The fourth-order valence-electron chi connectivity index (χ4n) is 2.87. The molecule has 0 radical (unpaired) electrons. The van der Waals surface area contributed by atoms with Gasteiger partial charge in [0.15, 0.2) is 0 Å². The van der Waals surface area contributed by atoms with E-state index in [1.165, 1.54) is 12.0 Å². The first-order valence-corrected chi connectivity index (χ1v) is 7.18. The molecule has 2 aromatic rings. The fourth-order valence-corrected chi connectivity index (χ4v) is 3.09. The molecule has 1 unspecified atom stereocenters. The highest BCUT2D eigenvalue weighted by Gasteiger charge is 2.26. The second-order valence-corrected chi connectivity index (χ2v) is 5.45. The molecule has 0 saturated carbocycles. The third kappa shape index (κ3) is 2.37. The van der Waals surface area contributed by atoms with Crippen molar-refractivity contribution < 1.29 is 0 Å². The van der Waals surface area contributed by atoms with E-state index in [1.54, 1.807) is 6.07 Å². The molecule has 0 N–H and O–H groups in total. The first-order chi connectivity index (χ1) is 9.79. The van der Waals surface area contributed by atoms with Gasteiger partial charge >= 0.3 is 0 Å². The van der Waals surface area contributed by atoms with E-state index in [0.717, 1.165) is 18.7 Å². The van der Waals surface area contributed by atoms with Gasteiger partial charge in [-0.15, -0.1) is 0 Å². The summed E-state index contributed by atoms with van der Waals surface area (Å²) in [5.41, 5.74) is 2.97. The van der Waals surface area contributed by atoms with Gasteiger partial charge in [-0.25, -0.2) is 0 Å². The highest BCUT2D eigenvalue weighted by molar-refractivity contribution is 6.32. The first kappa shape index (κ1) is 13.0. The molecule has 2 aromatic carbocycles. The summed E-state index contributed by atoms with van der Waals surface area (Å²) in [7, 11) is 0. The monoisotopic (exact) mass is 282 g/mol. The van der Waals surface area contributed by atoms with Crippen molar-refractivity contribution in [3.05, 3.63) is 64.7 Å². The van der Waals surface area contributed by atoms with E-state index in [0.29, 0.717) is 16.6 Å². The lowest BCUT2D eigenvalue weighted by molar-refractivity contribution is 0.719. The minimum Gasteiger partial charge on any atom is -0.364 e. The number of halogens is 1. The maximum absolute atomic E-state index is 8.96. The molecule has 1 fully saturated rings. The summed E-state index contributed by atoms with van der Waals surface area (Å²) in [5, 5.41) is 9.49. The molecule has 0 bridgehead atoms. The van der Waals surface area contributed by atoms with Crippen LogP contribution >= 0.6 is 11.6 Å². The Morgan fingerprint density at radius 3 is 2.65 bits per heavy atom. The van der Waals surface area contributed by atoms with Gasteiger partial charge in [0.1, 0.15) is 6.07 Å². The minimum absolute atomic E-state index is 0.403. The molecule has 1 atom stereocenters. The van der Waals surface area contributed by atoms with Crippen LogP contribution in [0.1, 0.15) is 30.0 Å². The molecule has 0 aliphatic carbocycles. The van der Waals surface area contributed by atoms with Crippen molar-refractivity contribution in [1.82, 2.24) is 0 Å². The van der Waals surface area contributed by atoms with Crippen molar-refractivity contribution in [1.29, 1.82) is 5.26 Å². The maximum atomic E-state index is 8.96. The summed E-state index contributed by atoms with van der Waals surface area (Å²) in [6.45, 7) is 1.03. The zero-order chi connectivity index (χ0) is 13.9. The van der Waals surface area contributed by atoms with Crippen LogP contribution in [0, 0.1) is 11.3 Å². The number of hydrogen-bond acceptors (Lipinski definition) is 2. The molecule has 1 heterocycles. The molecule has 2 nitrogen and oxygen atoms in total. The smallest absolute Gasteiger partial charge is 0.101 e. The van der Waals surface area contributed by atoms with Crippen LogP contribution < -0.4 is 4.90 Å². The van der Waals surface area contributed by atoms with Crippen LogP contribution in [-0.4, -0.2) is 6.54 Å². The van der Waals surface area contributed by atoms with Crippen molar-refractivity contribution >= 4 is 17.3 Å². The zero-order valence-corrected chi connectivity index (χ0v) is 11.8. The Balaban J connectivity index is 1.93. The Labute approximate surface area is 124 Å². The van der Waals surface area contributed by atoms with Crippen LogP contribution in [0.3, 0.4) is 0 Å². The molecule has 0 aromatic heterocycles. The van der Waals surface area contributed by atoms with E-state index in [4.69, 9.17) is 16.9 Å². The molecular formula is C17H15ClN2. The zero-order valence-electron chi connectivity index (χ0n) is 11.1. The van der Waals surface area contributed by atoms with Gasteiger partial charge in [-0.1, -0.05) is 41.9 Å². The van der Waals surface area contributed by atoms with Gasteiger partial charge in [0, 0.05) is 12.2 Å². The van der Waals surface area contributed by atoms with Gasteiger partial charge in [-0.3, -0.25) is 0 Å². The summed E-state index contributed by atoms with van der Waals surface area (Å²) in [4.78, 5) is 2.38. The molecule has 3 heteroatoms. The van der Waals surface area contributed by atoms with Gasteiger partial charge in [-0.05, 0) is 36.6 Å².